The molecule has 0 spiro atoms. The molecule has 0 aliphatic carbocycles. The van der Waals surface area contributed by atoms with Crippen molar-refractivity contribution in [3.05, 3.63) is 53.9 Å². The van der Waals surface area contributed by atoms with E-state index in [2.05, 4.69) is 40.5 Å². The molecular formula is C24H30N4O2. The second-order valence-electron chi connectivity index (χ2n) is 7.95. The Bertz CT molecular complexity index is 1020. The number of benzene rings is 1. The number of imidazole rings is 1. The van der Waals surface area contributed by atoms with Crippen LogP contribution in [0.25, 0.3) is 16.9 Å². The first-order valence-electron chi connectivity index (χ1n) is 10.8. The van der Waals surface area contributed by atoms with E-state index < -0.39 is 0 Å². The number of ether oxygens (including phenoxy) is 1. The van der Waals surface area contributed by atoms with Crippen LogP contribution in [0.2, 0.25) is 0 Å². The third-order valence-electron chi connectivity index (χ3n) is 5.96. The zero-order valence-corrected chi connectivity index (χ0v) is 17.8. The normalized spacial score (nSPS) is 15.5. The Morgan fingerprint density at radius 1 is 1.13 bits per heavy atom. The van der Waals surface area contributed by atoms with Gasteiger partial charge >= 0.3 is 5.97 Å². The Morgan fingerprint density at radius 2 is 1.87 bits per heavy atom. The zero-order valence-electron chi connectivity index (χ0n) is 17.8. The van der Waals surface area contributed by atoms with Crippen molar-refractivity contribution in [3.8, 4) is 11.3 Å². The summed E-state index contributed by atoms with van der Waals surface area (Å²) < 4.78 is 7.31. The number of hydrogen-bond acceptors (Lipinski definition) is 5. The topological polar surface area (TPSA) is 72.9 Å². The summed E-state index contributed by atoms with van der Waals surface area (Å²) in [5, 5.41) is 0. The number of likely N-dealkylation sites (tertiary alicyclic amines) is 1. The van der Waals surface area contributed by atoms with Crippen LogP contribution in [-0.2, 0) is 22.5 Å². The number of nitrogens with zero attached hydrogens (tertiary/aromatic N) is 3. The summed E-state index contributed by atoms with van der Waals surface area (Å²) in [5.41, 5.74) is 12.3. The van der Waals surface area contributed by atoms with Crippen LogP contribution in [0.15, 0.2) is 42.6 Å². The molecule has 4 rings (SSSR count). The van der Waals surface area contributed by atoms with E-state index in [1.165, 1.54) is 5.56 Å². The van der Waals surface area contributed by atoms with Crippen molar-refractivity contribution in [2.24, 2.45) is 5.92 Å². The molecule has 158 valence electrons. The van der Waals surface area contributed by atoms with Crippen LogP contribution < -0.4 is 5.73 Å². The van der Waals surface area contributed by atoms with E-state index in [-0.39, 0.29) is 11.9 Å². The molecule has 1 fully saturated rings. The first-order valence-corrected chi connectivity index (χ1v) is 10.8. The summed E-state index contributed by atoms with van der Waals surface area (Å²) in [6.07, 6.45) is 4.63. The van der Waals surface area contributed by atoms with Crippen molar-refractivity contribution in [1.82, 2.24) is 14.3 Å². The van der Waals surface area contributed by atoms with E-state index in [0.29, 0.717) is 6.61 Å². The maximum Gasteiger partial charge on any atom is 0.309 e. The average Bonchev–Trinajstić information content (AvgIpc) is 3.12. The second kappa shape index (κ2) is 8.88. The summed E-state index contributed by atoms with van der Waals surface area (Å²) in [5.74, 6) is -0.0449. The van der Waals surface area contributed by atoms with Gasteiger partial charge in [0.2, 0.25) is 0 Å². The highest BCUT2D eigenvalue weighted by molar-refractivity contribution is 5.72. The maximum absolute atomic E-state index is 12.1. The Kier molecular flexibility index (Phi) is 6.04. The summed E-state index contributed by atoms with van der Waals surface area (Å²) in [6.45, 7) is 6.97. The summed E-state index contributed by atoms with van der Waals surface area (Å²) in [7, 11) is 0. The highest BCUT2D eigenvalue weighted by atomic mass is 16.5. The lowest BCUT2D eigenvalue weighted by Crippen LogP contribution is -2.36. The molecule has 0 bridgehead atoms. The maximum atomic E-state index is 12.1. The number of anilines is 1. The summed E-state index contributed by atoms with van der Waals surface area (Å²) in [4.78, 5) is 19.4. The number of nitrogen functional groups attached to an aromatic ring is 1. The van der Waals surface area contributed by atoms with Crippen molar-refractivity contribution < 1.29 is 9.53 Å². The first kappa shape index (κ1) is 20.4. The van der Waals surface area contributed by atoms with Crippen LogP contribution >= 0.6 is 0 Å². The van der Waals surface area contributed by atoms with Gasteiger partial charge in [-0.25, -0.2) is 4.98 Å². The Balaban J connectivity index is 1.61. The van der Waals surface area contributed by atoms with Gasteiger partial charge in [0.1, 0.15) is 5.65 Å². The van der Waals surface area contributed by atoms with Crippen LogP contribution in [0.4, 0.5) is 5.69 Å². The Morgan fingerprint density at radius 3 is 2.53 bits per heavy atom. The lowest BCUT2D eigenvalue weighted by Gasteiger charge is -2.30. The quantitative estimate of drug-likeness (QED) is 0.628. The van der Waals surface area contributed by atoms with E-state index in [1.54, 1.807) is 0 Å². The molecule has 1 saturated heterocycles. The molecule has 1 aliphatic heterocycles. The zero-order chi connectivity index (χ0) is 21.1. The molecule has 0 saturated carbocycles. The predicted molar refractivity (Wildman–Crippen MR) is 119 cm³/mol. The monoisotopic (exact) mass is 406 g/mol. The lowest BCUT2D eigenvalue weighted by atomic mass is 9.96. The van der Waals surface area contributed by atoms with Crippen LogP contribution in [0.3, 0.4) is 0 Å². The molecule has 30 heavy (non-hydrogen) atoms. The SMILES string of the molecule is CCOC(=O)C1CCN(Cc2c(-c3ccc(CC)cc3)nc3ccc(N)cn23)CC1. The number of fused-ring (bicyclic) bond motifs is 1. The van der Waals surface area contributed by atoms with Gasteiger partial charge < -0.3 is 14.9 Å². The number of carbonyl (C=O) groups excluding carboxylic acids is 1. The summed E-state index contributed by atoms with van der Waals surface area (Å²) >= 11 is 0. The number of pyridine rings is 1. The van der Waals surface area contributed by atoms with Crippen molar-refractivity contribution in [2.75, 3.05) is 25.4 Å². The largest absolute Gasteiger partial charge is 0.466 e. The minimum Gasteiger partial charge on any atom is -0.466 e. The second-order valence-corrected chi connectivity index (χ2v) is 7.95. The minimum absolute atomic E-state index is 0.0140. The van der Waals surface area contributed by atoms with Crippen LogP contribution in [0.1, 0.15) is 37.9 Å². The summed E-state index contributed by atoms with van der Waals surface area (Å²) in [6, 6.07) is 12.5. The van der Waals surface area contributed by atoms with Gasteiger partial charge in [-0.1, -0.05) is 31.2 Å². The number of piperidine rings is 1. The van der Waals surface area contributed by atoms with Crippen molar-refractivity contribution in [3.63, 3.8) is 0 Å². The molecule has 2 N–H and O–H groups in total. The van der Waals surface area contributed by atoms with E-state index in [4.69, 9.17) is 15.5 Å². The van der Waals surface area contributed by atoms with Crippen molar-refractivity contribution in [2.45, 2.75) is 39.7 Å². The fourth-order valence-electron chi connectivity index (χ4n) is 4.19. The number of carbonyl (C=O) groups is 1. The van der Waals surface area contributed by atoms with E-state index in [9.17, 15) is 4.79 Å². The average molecular weight is 407 g/mol. The van der Waals surface area contributed by atoms with Gasteiger partial charge in [0, 0.05) is 24.0 Å². The smallest absolute Gasteiger partial charge is 0.309 e. The van der Waals surface area contributed by atoms with E-state index in [0.717, 1.165) is 67.2 Å². The molecule has 0 amide bonds. The van der Waals surface area contributed by atoms with Gasteiger partial charge in [0.05, 0.1) is 23.9 Å². The highest BCUT2D eigenvalue weighted by Gasteiger charge is 2.27. The molecule has 0 atom stereocenters. The molecule has 1 aromatic carbocycles. The standard InChI is InChI=1S/C24H30N4O2/c1-3-17-5-7-18(8-6-17)23-21(28-15-20(25)9-10-22(28)26-23)16-27-13-11-19(12-14-27)24(29)30-4-2/h5-10,15,19H,3-4,11-14,16,25H2,1-2H3. The number of aromatic nitrogens is 2. The molecule has 3 heterocycles. The fourth-order valence-corrected chi connectivity index (χ4v) is 4.19. The third kappa shape index (κ3) is 4.19. The predicted octanol–water partition coefficient (Wildman–Crippen LogP) is 3.92. The molecule has 6 heteroatoms. The molecule has 0 radical (unpaired) electrons. The molecule has 2 aromatic heterocycles. The minimum atomic E-state index is -0.0589. The van der Waals surface area contributed by atoms with Gasteiger partial charge in [0.15, 0.2) is 0 Å². The van der Waals surface area contributed by atoms with E-state index >= 15 is 0 Å². The molecule has 1 aliphatic rings. The first-order chi connectivity index (χ1) is 14.6. The molecular weight excluding hydrogens is 376 g/mol. The van der Waals surface area contributed by atoms with Crippen molar-refractivity contribution >= 4 is 17.3 Å². The van der Waals surface area contributed by atoms with Gasteiger partial charge in [-0.05, 0) is 57.0 Å². The highest BCUT2D eigenvalue weighted by Crippen LogP contribution is 2.28. The molecule has 3 aromatic rings. The third-order valence-corrected chi connectivity index (χ3v) is 5.96. The Hall–Kier alpha value is -2.86. The number of nitrogens with two attached hydrogens (primary N) is 1. The van der Waals surface area contributed by atoms with Crippen molar-refractivity contribution in [1.29, 1.82) is 0 Å². The number of rotatable bonds is 6. The van der Waals surface area contributed by atoms with Gasteiger partial charge in [-0.15, -0.1) is 0 Å². The number of aryl methyl sites for hydroxylation is 1. The van der Waals surface area contributed by atoms with E-state index in [1.807, 2.05) is 25.3 Å². The van der Waals surface area contributed by atoms with Crippen LogP contribution in [0.5, 0.6) is 0 Å². The lowest BCUT2D eigenvalue weighted by molar-refractivity contribution is -0.149. The van der Waals surface area contributed by atoms with Gasteiger partial charge in [-0.2, -0.15) is 0 Å². The fraction of sp³-hybridized carbons (Fsp3) is 0.417. The van der Waals surface area contributed by atoms with Crippen LogP contribution in [0, 0.1) is 5.92 Å². The number of esters is 1. The Labute approximate surface area is 177 Å². The van der Waals surface area contributed by atoms with Gasteiger partial charge in [-0.3, -0.25) is 9.69 Å². The van der Waals surface area contributed by atoms with Crippen LogP contribution in [-0.4, -0.2) is 40.0 Å². The molecule has 0 unspecified atom stereocenters. The van der Waals surface area contributed by atoms with Gasteiger partial charge in [0.25, 0.3) is 0 Å². The molecule has 6 nitrogen and oxygen atoms in total. The number of hydrogen-bond donors (Lipinski definition) is 1.